The highest BCUT2D eigenvalue weighted by atomic mass is 16.8. The van der Waals surface area contributed by atoms with E-state index in [2.05, 4.69) is 21.3 Å². The van der Waals surface area contributed by atoms with Crippen LogP contribution < -0.4 is 44.2 Å². The van der Waals surface area contributed by atoms with Gasteiger partial charge in [-0.1, -0.05) is 0 Å². The summed E-state index contributed by atoms with van der Waals surface area (Å²) in [6, 6.07) is -4.84. The summed E-state index contributed by atoms with van der Waals surface area (Å²) >= 11 is 0. The van der Waals surface area contributed by atoms with Gasteiger partial charge in [-0.25, -0.2) is 0 Å². The number of nitrogens with two attached hydrogens (primary N) is 4. The predicted octanol–water partition coefficient (Wildman–Crippen LogP) is -11.4. The second-order valence-electron chi connectivity index (χ2n) is 20.0. The number of nitrogens with one attached hydrogen (secondary N) is 4. The van der Waals surface area contributed by atoms with Gasteiger partial charge < -0.3 is 143 Å². The fraction of sp³-hybridized carbons (Fsp3) is 0.818. The summed E-state index contributed by atoms with van der Waals surface area (Å²) in [5, 5.41) is 140. The summed E-state index contributed by atoms with van der Waals surface area (Å²) in [5.41, 5.74) is 23.2. The minimum atomic E-state index is -2.28. The minimum absolute atomic E-state index is 0.584. The molecular formula is C44H72N8O28. The molecule has 456 valence electrons. The first kappa shape index (κ1) is 65.8. The Balaban J connectivity index is 1.58. The van der Waals surface area contributed by atoms with Crippen molar-refractivity contribution in [2.45, 2.75) is 198 Å². The van der Waals surface area contributed by atoms with Crippen molar-refractivity contribution >= 4 is 47.5 Å². The van der Waals surface area contributed by atoms with Crippen LogP contribution in [0.3, 0.4) is 0 Å². The van der Waals surface area contributed by atoms with Crippen LogP contribution in [0.5, 0.6) is 0 Å². The van der Waals surface area contributed by atoms with Gasteiger partial charge in [-0.3, -0.25) is 38.4 Å². The smallest absolute Gasteiger partial charge is 0.304 e. The number of aliphatic carboxylic acids is 4. The second kappa shape index (κ2) is 29.8. The minimum Gasteiger partial charge on any atom is -0.481 e. The standard InChI is InChI=1S/C44H72N8O28/c45-13(5-25(57)58)1-21(53)49-9-17-37-29(65)33(69)41(73-17)78-38-18(10-50-22(54)2-14(46)6-26(59)60)75-43(35(71)31(38)67)80-40-20(12-52-24(56)4-16(48)8-28(63)64)76-44(36(72)32(40)68)79-39-19(74-42(77-37)34(70)30(39)66)11-51-23(55)3-15(47)7-27(61)62/h13-20,29-44,65-72H,1-12,45-48H2,(H,49,53)(H,50,54)(H,51,55)(H,52,56)(H,57,58)(H,59,60)(H,61,62)(H,63,64)/t13-,14-,15-,16-,17+,18+,19+,20+,29+,30+,31+,32+,33+,34+,35+,36+,37+,38+,39+,40+,41+,42+,43+,44+/m1/s1. The molecule has 36 nitrogen and oxygen atoms in total. The van der Waals surface area contributed by atoms with Gasteiger partial charge in [0, 0.05) is 76.0 Å². The number of carboxylic acids is 4. The van der Waals surface area contributed by atoms with E-state index in [0.717, 1.165) is 0 Å². The van der Waals surface area contributed by atoms with Gasteiger partial charge in [0.2, 0.25) is 23.6 Å². The van der Waals surface area contributed by atoms with Crippen molar-refractivity contribution in [3.05, 3.63) is 0 Å². The molecule has 4 amide bonds. The normalized spacial score (nSPS) is 36.9. The Bertz CT molecular complexity index is 1850. The van der Waals surface area contributed by atoms with E-state index in [1.165, 1.54) is 0 Å². The van der Waals surface area contributed by atoms with Gasteiger partial charge in [0.25, 0.3) is 0 Å². The van der Waals surface area contributed by atoms with Gasteiger partial charge in [0.15, 0.2) is 25.2 Å². The lowest BCUT2D eigenvalue weighted by molar-refractivity contribution is -0.399. The molecule has 14 aliphatic rings. The Morgan fingerprint density at radius 3 is 0.637 bits per heavy atom. The molecule has 36 heteroatoms. The summed E-state index contributed by atoms with van der Waals surface area (Å²) in [7, 11) is 0. The number of hydrogen-bond donors (Lipinski definition) is 20. The molecule has 0 aliphatic carbocycles. The molecule has 0 spiro atoms. The Labute approximate surface area is 453 Å². The SMILES string of the molecule is N[C@@H](CC(=O)O)CC(=O)NC[C@@H]1O[C@H]2O[C@@H]3[C@@H](O)[C@H](O)[C@H](O[C@@H]4[C@@H](O)[C@H](O)[C@H](O[C@@H]5[C@@H](O)[C@H](O)[C@H](O[C@@H]1[C@@H](O)[C@@H]2O)O[C@H]5CNC(=O)C[C@@H](N)CC(=O)O)O[C@H]4CNC(=O)C[C@@H](N)CC(=O)O)O[C@H]3CNC(=O)C[C@@H](N)CC(=O)O. The van der Waals surface area contributed by atoms with Crippen LogP contribution >= 0.6 is 0 Å². The highest BCUT2D eigenvalue weighted by Gasteiger charge is 2.57. The van der Waals surface area contributed by atoms with Crippen molar-refractivity contribution in [1.29, 1.82) is 0 Å². The number of ether oxygens (including phenoxy) is 8. The maximum atomic E-state index is 13.1. The van der Waals surface area contributed by atoms with Crippen molar-refractivity contribution in [1.82, 2.24) is 21.3 Å². The first-order chi connectivity index (χ1) is 37.5. The van der Waals surface area contributed by atoms with Crippen molar-refractivity contribution in [2.24, 2.45) is 22.9 Å². The third-order valence-corrected chi connectivity index (χ3v) is 13.3. The molecule has 0 aromatic rings. The molecule has 14 aliphatic heterocycles. The van der Waals surface area contributed by atoms with E-state index in [-0.39, 0.29) is 0 Å². The molecule has 0 aromatic carbocycles. The Kier molecular flexibility index (Phi) is 24.5. The van der Waals surface area contributed by atoms with E-state index in [4.69, 9.17) is 81.3 Å². The Hall–Kier alpha value is -5.04. The van der Waals surface area contributed by atoms with E-state index in [9.17, 15) is 79.2 Å². The fourth-order valence-electron chi connectivity index (χ4n) is 9.31. The van der Waals surface area contributed by atoms with Gasteiger partial charge in [-0.2, -0.15) is 0 Å². The molecular weight excluding hydrogens is 1090 g/mol. The van der Waals surface area contributed by atoms with Gasteiger partial charge in [-0.15, -0.1) is 0 Å². The van der Waals surface area contributed by atoms with Crippen LogP contribution in [0.1, 0.15) is 51.4 Å². The third kappa shape index (κ3) is 18.5. The van der Waals surface area contributed by atoms with E-state index in [1.807, 2.05) is 0 Å². The van der Waals surface area contributed by atoms with Crippen LogP contribution in [0, 0.1) is 0 Å². The molecule has 8 bridgehead atoms. The monoisotopic (exact) mass is 1160 g/mol. The molecule has 80 heavy (non-hydrogen) atoms. The maximum absolute atomic E-state index is 13.1. The zero-order chi connectivity index (χ0) is 59.4. The molecule has 24 N–H and O–H groups in total. The Morgan fingerprint density at radius 1 is 0.300 bits per heavy atom. The lowest BCUT2D eigenvalue weighted by Crippen LogP contribution is -2.70. The first-order valence-electron chi connectivity index (χ1n) is 25.2. The number of hydrogen-bond acceptors (Lipinski definition) is 28. The maximum Gasteiger partial charge on any atom is 0.304 e. The number of aliphatic hydroxyl groups excluding tert-OH is 8. The number of carboxylic acid groups (broad SMARTS) is 4. The average Bonchev–Trinajstić information content (AvgIpc) is 3.34. The molecule has 0 saturated carbocycles. The summed E-state index contributed by atoms with van der Waals surface area (Å²) in [6.45, 7) is -2.91. The molecule has 14 rings (SSSR count). The van der Waals surface area contributed by atoms with Crippen LogP contribution in [0.15, 0.2) is 0 Å². The summed E-state index contributed by atoms with van der Waals surface area (Å²) in [5.74, 6) is -8.89. The molecule has 0 radical (unpaired) electrons. The van der Waals surface area contributed by atoms with Crippen LogP contribution in [0.25, 0.3) is 0 Å². The van der Waals surface area contributed by atoms with Crippen LogP contribution in [0.2, 0.25) is 0 Å². The fourth-order valence-corrected chi connectivity index (χ4v) is 9.31. The van der Waals surface area contributed by atoms with Crippen molar-refractivity contribution in [3.8, 4) is 0 Å². The van der Waals surface area contributed by atoms with Gasteiger partial charge in [0.1, 0.15) is 97.7 Å². The number of aliphatic hydroxyl groups is 8. The second-order valence-corrected chi connectivity index (χ2v) is 20.0. The van der Waals surface area contributed by atoms with Crippen molar-refractivity contribution in [2.75, 3.05) is 26.2 Å². The zero-order valence-electron chi connectivity index (χ0n) is 42.5. The largest absolute Gasteiger partial charge is 0.481 e. The molecule has 0 aromatic heterocycles. The lowest BCUT2D eigenvalue weighted by atomic mass is 9.94. The summed E-state index contributed by atoms with van der Waals surface area (Å²) in [4.78, 5) is 97.2. The number of carbonyl (C=O) groups excluding carboxylic acids is 4. The van der Waals surface area contributed by atoms with Crippen molar-refractivity contribution in [3.63, 3.8) is 0 Å². The highest BCUT2D eigenvalue weighted by Crippen LogP contribution is 2.36. The number of amides is 4. The molecule has 24 atom stereocenters. The third-order valence-electron chi connectivity index (χ3n) is 13.3. The van der Waals surface area contributed by atoms with E-state index < -0.39 is 272 Å². The van der Waals surface area contributed by atoms with Gasteiger partial charge in [0.05, 0.1) is 25.7 Å². The highest BCUT2D eigenvalue weighted by molar-refractivity contribution is 5.79. The molecule has 14 heterocycles. The summed E-state index contributed by atoms with van der Waals surface area (Å²) < 4.78 is 48.1. The molecule has 14 saturated heterocycles. The first-order valence-corrected chi connectivity index (χ1v) is 25.2. The number of carbonyl (C=O) groups is 8. The average molecular weight is 1160 g/mol. The quantitative estimate of drug-likeness (QED) is 0.0427. The van der Waals surface area contributed by atoms with Crippen LogP contribution in [-0.4, -0.2) is 282 Å². The topological polar surface area (TPSA) is 605 Å². The van der Waals surface area contributed by atoms with Gasteiger partial charge >= 0.3 is 23.9 Å². The van der Waals surface area contributed by atoms with E-state index in [1.54, 1.807) is 0 Å². The molecule has 14 fully saturated rings. The summed E-state index contributed by atoms with van der Waals surface area (Å²) in [6.07, 6.45) is -46.5. The molecule has 0 unspecified atom stereocenters. The van der Waals surface area contributed by atoms with Crippen molar-refractivity contribution < 1.29 is 138 Å². The van der Waals surface area contributed by atoms with Crippen LogP contribution in [-0.2, 0) is 76.3 Å². The Morgan fingerprint density at radius 2 is 0.475 bits per heavy atom. The number of rotatable bonds is 24. The predicted molar refractivity (Wildman–Crippen MR) is 254 cm³/mol. The van der Waals surface area contributed by atoms with E-state index >= 15 is 0 Å². The van der Waals surface area contributed by atoms with Crippen LogP contribution in [0.4, 0.5) is 0 Å². The van der Waals surface area contributed by atoms with E-state index in [0.29, 0.717) is 0 Å². The van der Waals surface area contributed by atoms with Gasteiger partial charge in [-0.05, 0) is 0 Å². The zero-order valence-corrected chi connectivity index (χ0v) is 42.5. The lowest BCUT2D eigenvalue weighted by Gasteiger charge is -2.51.